The maximum Gasteiger partial charge on any atom is 0.209 e. The van der Waals surface area contributed by atoms with Crippen LogP contribution in [-0.4, -0.2) is 20.4 Å². The van der Waals surface area contributed by atoms with Gasteiger partial charge in [0.15, 0.2) is 0 Å². The van der Waals surface area contributed by atoms with Gasteiger partial charge in [-0.15, -0.1) is 20.4 Å². The molecule has 1 aromatic heterocycles. The molecular weight excluding hydrogens is 370 g/mol. The van der Waals surface area contributed by atoms with E-state index >= 15 is 0 Å². The van der Waals surface area contributed by atoms with Gasteiger partial charge in [-0.2, -0.15) is 0 Å². The summed E-state index contributed by atoms with van der Waals surface area (Å²) in [5, 5.41) is 16.2. The van der Waals surface area contributed by atoms with Crippen molar-refractivity contribution in [3.63, 3.8) is 0 Å². The highest BCUT2D eigenvalue weighted by atomic mass is 35.5. The number of benzene rings is 3. The van der Waals surface area contributed by atoms with Gasteiger partial charge >= 0.3 is 0 Å². The SMILES string of the molecule is Fc1cccc(F)c1-c1nnc(-c2ccc(-c3ccc(Cl)cc3)cc2)nn1. The molecule has 4 nitrogen and oxygen atoms in total. The molecule has 7 heteroatoms. The van der Waals surface area contributed by atoms with Crippen LogP contribution in [0.5, 0.6) is 0 Å². The van der Waals surface area contributed by atoms with Gasteiger partial charge in [-0.3, -0.25) is 0 Å². The largest absolute Gasteiger partial charge is 0.209 e. The molecule has 0 saturated carbocycles. The summed E-state index contributed by atoms with van der Waals surface area (Å²) in [4.78, 5) is 0. The molecule has 0 amide bonds. The van der Waals surface area contributed by atoms with Crippen LogP contribution in [0.4, 0.5) is 8.78 Å². The molecule has 0 N–H and O–H groups in total. The lowest BCUT2D eigenvalue weighted by molar-refractivity contribution is 0.585. The van der Waals surface area contributed by atoms with Crippen molar-refractivity contribution in [2.75, 3.05) is 0 Å². The van der Waals surface area contributed by atoms with Gasteiger partial charge in [-0.1, -0.05) is 54.1 Å². The van der Waals surface area contributed by atoms with E-state index in [1.165, 1.54) is 6.07 Å². The van der Waals surface area contributed by atoms with Crippen LogP contribution in [0.3, 0.4) is 0 Å². The Kier molecular flexibility index (Phi) is 4.56. The van der Waals surface area contributed by atoms with Crippen LogP contribution in [0.15, 0.2) is 66.7 Å². The molecule has 0 fully saturated rings. The molecule has 0 aliphatic rings. The molecule has 0 aliphatic carbocycles. The van der Waals surface area contributed by atoms with E-state index in [1.54, 1.807) is 0 Å². The van der Waals surface area contributed by atoms with Gasteiger partial charge in [0.05, 0.1) is 5.56 Å². The van der Waals surface area contributed by atoms with Crippen molar-refractivity contribution in [3.8, 4) is 33.9 Å². The first-order chi connectivity index (χ1) is 13.1. The molecule has 0 radical (unpaired) electrons. The van der Waals surface area contributed by atoms with E-state index in [-0.39, 0.29) is 17.2 Å². The lowest BCUT2D eigenvalue weighted by Crippen LogP contribution is -2.02. The fraction of sp³-hybridized carbons (Fsp3) is 0. The molecular formula is C20H11ClF2N4. The summed E-state index contributed by atoms with van der Waals surface area (Å²) in [5.41, 5.74) is 2.37. The van der Waals surface area contributed by atoms with Crippen molar-refractivity contribution < 1.29 is 8.78 Å². The van der Waals surface area contributed by atoms with E-state index in [0.717, 1.165) is 23.3 Å². The molecule has 0 aliphatic heterocycles. The summed E-state index contributed by atoms with van der Waals surface area (Å²) >= 11 is 5.90. The molecule has 0 bridgehead atoms. The Hall–Kier alpha value is -3.25. The molecule has 0 atom stereocenters. The van der Waals surface area contributed by atoms with E-state index in [2.05, 4.69) is 20.4 Å². The predicted octanol–water partition coefficient (Wildman–Crippen LogP) is 5.20. The Balaban J connectivity index is 1.62. The standard InChI is InChI=1S/C20H11ClF2N4/c21-15-10-8-13(9-11-15)12-4-6-14(7-5-12)19-24-26-20(27-25-19)18-16(22)2-1-3-17(18)23/h1-11H. The van der Waals surface area contributed by atoms with E-state index in [9.17, 15) is 8.78 Å². The minimum atomic E-state index is -0.765. The summed E-state index contributed by atoms with van der Waals surface area (Å²) < 4.78 is 27.6. The highest BCUT2D eigenvalue weighted by Gasteiger charge is 2.15. The van der Waals surface area contributed by atoms with Crippen molar-refractivity contribution in [2.24, 2.45) is 0 Å². The highest BCUT2D eigenvalue weighted by Crippen LogP contribution is 2.25. The maximum absolute atomic E-state index is 13.8. The maximum atomic E-state index is 13.8. The zero-order chi connectivity index (χ0) is 18.8. The Morgan fingerprint density at radius 1 is 0.556 bits per heavy atom. The van der Waals surface area contributed by atoms with Crippen LogP contribution in [0, 0.1) is 11.6 Å². The monoisotopic (exact) mass is 380 g/mol. The average Bonchev–Trinajstić information content (AvgIpc) is 2.69. The van der Waals surface area contributed by atoms with Gasteiger partial charge in [0.1, 0.15) is 11.6 Å². The van der Waals surface area contributed by atoms with Crippen molar-refractivity contribution >= 4 is 11.6 Å². The third-order valence-electron chi connectivity index (χ3n) is 3.99. The fourth-order valence-electron chi connectivity index (χ4n) is 2.61. The number of hydrogen-bond acceptors (Lipinski definition) is 4. The first kappa shape index (κ1) is 17.2. The number of rotatable bonds is 3. The Morgan fingerprint density at radius 3 is 1.56 bits per heavy atom. The molecule has 4 aromatic rings. The molecule has 1 heterocycles. The molecule has 0 saturated heterocycles. The molecule has 27 heavy (non-hydrogen) atoms. The fourth-order valence-corrected chi connectivity index (χ4v) is 2.74. The Bertz CT molecular complexity index is 1060. The lowest BCUT2D eigenvalue weighted by Gasteiger charge is -2.05. The minimum Gasteiger partial charge on any atom is -0.206 e. The number of nitrogens with zero attached hydrogens (tertiary/aromatic N) is 4. The normalized spacial score (nSPS) is 10.8. The average molecular weight is 381 g/mol. The van der Waals surface area contributed by atoms with Crippen molar-refractivity contribution in [1.29, 1.82) is 0 Å². The first-order valence-corrected chi connectivity index (χ1v) is 8.38. The zero-order valence-corrected chi connectivity index (χ0v) is 14.5. The Labute approximate surface area is 158 Å². The summed E-state index contributed by atoms with van der Waals surface area (Å²) in [6.45, 7) is 0. The molecule has 3 aromatic carbocycles. The van der Waals surface area contributed by atoms with Crippen molar-refractivity contribution in [1.82, 2.24) is 20.4 Å². The van der Waals surface area contributed by atoms with E-state index in [4.69, 9.17) is 11.6 Å². The third-order valence-corrected chi connectivity index (χ3v) is 4.24. The van der Waals surface area contributed by atoms with Gasteiger partial charge in [-0.05, 0) is 35.4 Å². The second-order valence-electron chi connectivity index (χ2n) is 5.73. The number of aromatic nitrogens is 4. The molecule has 4 rings (SSSR count). The molecule has 0 unspecified atom stereocenters. The summed E-state index contributed by atoms with van der Waals surface area (Å²) in [7, 11) is 0. The van der Waals surface area contributed by atoms with Crippen LogP contribution in [0.1, 0.15) is 0 Å². The second kappa shape index (κ2) is 7.17. The lowest BCUT2D eigenvalue weighted by atomic mass is 10.0. The van der Waals surface area contributed by atoms with Crippen LogP contribution in [0.2, 0.25) is 5.02 Å². The van der Waals surface area contributed by atoms with Gasteiger partial charge in [0, 0.05) is 10.6 Å². The van der Waals surface area contributed by atoms with E-state index in [0.29, 0.717) is 10.6 Å². The minimum absolute atomic E-state index is 0.202. The first-order valence-electron chi connectivity index (χ1n) is 8.00. The zero-order valence-electron chi connectivity index (χ0n) is 13.8. The van der Waals surface area contributed by atoms with Gasteiger partial charge in [0.2, 0.25) is 11.6 Å². The smallest absolute Gasteiger partial charge is 0.206 e. The van der Waals surface area contributed by atoms with Crippen molar-refractivity contribution in [3.05, 3.63) is 83.4 Å². The summed E-state index contributed by atoms with van der Waals surface area (Å²) in [6.07, 6.45) is 0. The summed E-state index contributed by atoms with van der Waals surface area (Å²) in [6, 6.07) is 18.5. The predicted molar refractivity (Wildman–Crippen MR) is 98.9 cm³/mol. The van der Waals surface area contributed by atoms with E-state index < -0.39 is 11.6 Å². The van der Waals surface area contributed by atoms with Gasteiger partial charge < -0.3 is 0 Å². The quantitative estimate of drug-likeness (QED) is 0.490. The number of hydrogen-bond donors (Lipinski definition) is 0. The number of halogens is 3. The molecule has 132 valence electrons. The molecule has 0 spiro atoms. The van der Waals surface area contributed by atoms with Gasteiger partial charge in [0.25, 0.3) is 0 Å². The van der Waals surface area contributed by atoms with Crippen LogP contribution >= 0.6 is 11.6 Å². The highest BCUT2D eigenvalue weighted by molar-refractivity contribution is 6.30. The van der Waals surface area contributed by atoms with Gasteiger partial charge in [-0.25, -0.2) is 8.78 Å². The van der Waals surface area contributed by atoms with Crippen LogP contribution < -0.4 is 0 Å². The van der Waals surface area contributed by atoms with E-state index in [1.807, 2.05) is 48.5 Å². The van der Waals surface area contributed by atoms with Crippen molar-refractivity contribution in [2.45, 2.75) is 0 Å². The summed E-state index contributed by atoms with van der Waals surface area (Å²) in [5.74, 6) is -1.47. The van der Waals surface area contributed by atoms with Crippen LogP contribution in [-0.2, 0) is 0 Å². The second-order valence-corrected chi connectivity index (χ2v) is 6.16. The third kappa shape index (κ3) is 3.52. The topological polar surface area (TPSA) is 51.6 Å². The Morgan fingerprint density at radius 2 is 1.00 bits per heavy atom. The van der Waals surface area contributed by atoms with Crippen LogP contribution in [0.25, 0.3) is 33.9 Å².